The van der Waals surface area contributed by atoms with Gasteiger partial charge in [0, 0.05) is 13.0 Å². The van der Waals surface area contributed by atoms with E-state index in [2.05, 4.69) is 5.32 Å². The highest BCUT2D eigenvalue weighted by Gasteiger charge is 2.17. The van der Waals surface area contributed by atoms with Gasteiger partial charge >= 0.3 is 5.97 Å². The first-order chi connectivity index (χ1) is 7.66. The molecule has 0 radical (unpaired) electrons. The van der Waals surface area contributed by atoms with Gasteiger partial charge in [0.05, 0.1) is 0 Å². The molecule has 0 saturated carbocycles. The van der Waals surface area contributed by atoms with Crippen LogP contribution in [0.2, 0.25) is 0 Å². The summed E-state index contributed by atoms with van der Waals surface area (Å²) >= 11 is 0. The number of nitrogens with one attached hydrogen (secondary N) is 1. The first kappa shape index (κ1) is 11.0. The molecule has 0 spiro atoms. The molecule has 4 nitrogen and oxygen atoms in total. The Morgan fingerprint density at radius 1 is 1.56 bits per heavy atom. The smallest absolute Gasteiger partial charge is 0.308 e. The van der Waals surface area contributed by atoms with Crippen LogP contribution < -0.4 is 10.1 Å². The molecule has 0 aromatic heterocycles. The Hall–Kier alpha value is -1.55. The van der Waals surface area contributed by atoms with Crippen molar-refractivity contribution in [1.29, 1.82) is 0 Å². The topological polar surface area (TPSA) is 58.6 Å². The van der Waals surface area contributed by atoms with Crippen molar-refractivity contribution in [1.82, 2.24) is 5.32 Å². The van der Waals surface area contributed by atoms with Gasteiger partial charge in [-0.05, 0) is 37.1 Å². The molecule has 4 heteroatoms. The Morgan fingerprint density at radius 3 is 2.94 bits per heavy atom. The first-order valence-electron chi connectivity index (χ1n) is 5.41. The zero-order valence-electron chi connectivity index (χ0n) is 9.19. The van der Waals surface area contributed by atoms with Gasteiger partial charge in [0.15, 0.2) is 11.5 Å². The molecule has 1 fully saturated rings. The number of esters is 1. The number of phenols is 1. The lowest BCUT2D eigenvalue weighted by atomic mass is 10.0. The van der Waals surface area contributed by atoms with E-state index in [0.717, 1.165) is 24.9 Å². The summed E-state index contributed by atoms with van der Waals surface area (Å²) in [5.41, 5.74) is 1.03. The van der Waals surface area contributed by atoms with Gasteiger partial charge in [0.1, 0.15) is 0 Å². The molecule has 16 heavy (non-hydrogen) atoms. The van der Waals surface area contributed by atoms with Crippen LogP contribution in [-0.2, 0) is 4.79 Å². The van der Waals surface area contributed by atoms with Crippen LogP contribution in [0, 0.1) is 0 Å². The minimum absolute atomic E-state index is 0.0152. The molecule has 2 rings (SSSR count). The van der Waals surface area contributed by atoms with E-state index >= 15 is 0 Å². The number of phenolic OH excluding ortho intramolecular Hbond substituents is 1. The van der Waals surface area contributed by atoms with Gasteiger partial charge in [-0.15, -0.1) is 0 Å². The lowest BCUT2D eigenvalue weighted by Crippen LogP contribution is -2.12. The van der Waals surface area contributed by atoms with Crippen molar-refractivity contribution in [2.24, 2.45) is 0 Å². The Labute approximate surface area is 94.2 Å². The van der Waals surface area contributed by atoms with Crippen molar-refractivity contribution in [2.75, 3.05) is 6.54 Å². The van der Waals surface area contributed by atoms with Crippen LogP contribution in [0.3, 0.4) is 0 Å². The summed E-state index contributed by atoms with van der Waals surface area (Å²) in [5.74, 6) is -0.197. The summed E-state index contributed by atoms with van der Waals surface area (Å²) in [4.78, 5) is 10.8. The van der Waals surface area contributed by atoms with Crippen LogP contribution in [0.1, 0.15) is 31.4 Å². The molecule has 0 amide bonds. The molecular formula is C12H15NO3. The van der Waals surface area contributed by atoms with Gasteiger partial charge in [-0.25, -0.2) is 0 Å². The summed E-state index contributed by atoms with van der Waals surface area (Å²) in [5, 5.41) is 13.0. The predicted molar refractivity (Wildman–Crippen MR) is 59.4 cm³/mol. The third-order valence-corrected chi connectivity index (χ3v) is 2.70. The van der Waals surface area contributed by atoms with Gasteiger partial charge in [0.2, 0.25) is 0 Å². The highest BCUT2D eigenvalue weighted by atomic mass is 16.5. The van der Waals surface area contributed by atoms with Crippen molar-refractivity contribution in [2.45, 2.75) is 25.8 Å². The molecule has 2 N–H and O–H groups in total. The Bertz CT molecular complexity index is 397. The molecule has 86 valence electrons. The number of hydrogen-bond donors (Lipinski definition) is 2. The molecule has 1 aromatic rings. The van der Waals surface area contributed by atoms with Crippen LogP contribution in [0.4, 0.5) is 0 Å². The second-order valence-electron chi connectivity index (χ2n) is 3.97. The van der Waals surface area contributed by atoms with Crippen molar-refractivity contribution < 1.29 is 14.6 Å². The maximum atomic E-state index is 10.8. The predicted octanol–water partition coefficient (Wildman–Crippen LogP) is 1.74. The molecule has 0 unspecified atom stereocenters. The minimum atomic E-state index is -0.429. The lowest BCUT2D eigenvalue weighted by molar-refractivity contribution is -0.132. The van der Waals surface area contributed by atoms with Crippen LogP contribution >= 0.6 is 0 Å². The molecule has 1 heterocycles. The number of carbonyl (C=O) groups is 1. The fourth-order valence-electron chi connectivity index (χ4n) is 1.96. The number of benzene rings is 1. The van der Waals surface area contributed by atoms with Crippen LogP contribution in [0.15, 0.2) is 18.2 Å². The Morgan fingerprint density at radius 2 is 2.38 bits per heavy atom. The van der Waals surface area contributed by atoms with Gasteiger partial charge < -0.3 is 15.2 Å². The summed E-state index contributed by atoms with van der Waals surface area (Å²) in [6, 6.07) is 5.46. The standard InChI is InChI=1S/C12H15NO3/c1-8(14)16-12-5-4-9(7-11(12)15)10-3-2-6-13-10/h4-5,7,10,13,15H,2-3,6H2,1H3/t10-/m1/s1. The Kier molecular flexibility index (Phi) is 3.10. The SMILES string of the molecule is CC(=O)Oc1ccc([C@H]2CCCN2)cc1O. The third-order valence-electron chi connectivity index (χ3n) is 2.70. The summed E-state index contributed by atoms with van der Waals surface area (Å²) < 4.78 is 4.85. The molecule has 0 aliphatic carbocycles. The molecular weight excluding hydrogens is 206 g/mol. The number of ether oxygens (including phenoxy) is 1. The molecule has 0 bridgehead atoms. The lowest BCUT2D eigenvalue weighted by Gasteiger charge is -2.12. The van der Waals surface area contributed by atoms with E-state index in [-0.39, 0.29) is 11.5 Å². The summed E-state index contributed by atoms with van der Waals surface area (Å²) in [6.07, 6.45) is 2.23. The zero-order valence-corrected chi connectivity index (χ0v) is 9.19. The number of hydrogen-bond acceptors (Lipinski definition) is 4. The molecule has 1 atom stereocenters. The van der Waals surface area contributed by atoms with E-state index in [1.165, 1.54) is 6.92 Å². The Balaban J connectivity index is 2.18. The summed E-state index contributed by atoms with van der Waals surface area (Å²) in [7, 11) is 0. The average molecular weight is 221 g/mol. The van der Waals surface area contributed by atoms with Gasteiger partial charge in [0.25, 0.3) is 0 Å². The van der Waals surface area contributed by atoms with Crippen molar-refractivity contribution >= 4 is 5.97 Å². The molecule has 1 saturated heterocycles. The van der Waals surface area contributed by atoms with Crippen molar-refractivity contribution in [3.63, 3.8) is 0 Å². The number of rotatable bonds is 2. The van der Waals surface area contributed by atoms with E-state index < -0.39 is 5.97 Å². The van der Waals surface area contributed by atoms with E-state index in [0.29, 0.717) is 6.04 Å². The maximum absolute atomic E-state index is 10.8. The average Bonchev–Trinajstić information content (AvgIpc) is 2.73. The number of carbonyl (C=O) groups excluding carboxylic acids is 1. The van der Waals surface area contributed by atoms with E-state index in [4.69, 9.17) is 4.74 Å². The monoisotopic (exact) mass is 221 g/mol. The van der Waals surface area contributed by atoms with Crippen LogP contribution in [0.5, 0.6) is 11.5 Å². The van der Waals surface area contributed by atoms with E-state index in [9.17, 15) is 9.90 Å². The van der Waals surface area contributed by atoms with Gasteiger partial charge in [-0.1, -0.05) is 6.07 Å². The molecule has 1 aliphatic heterocycles. The quantitative estimate of drug-likeness (QED) is 0.590. The van der Waals surface area contributed by atoms with Gasteiger partial charge in [-0.2, -0.15) is 0 Å². The highest BCUT2D eigenvalue weighted by molar-refractivity contribution is 5.70. The molecule has 1 aliphatic rings. The normalized spacial score (nSPS) is 19.7. The third kappa shape index (κ3) is 2.33. The van der Waals surface area contributed by atoms with Gasteiger partial charge in [-0.3, -0.25) is 4.79 Å². The van der Waals surface area contributed by atoms with E-state index in [1.54, 1.807) is 12.1 Å². The summed E-state index contributed by atoms with van der Waals surface area (Å²) in [6.45, 7) is 2.32. The molecule has 1 aromatic carbocycles. The van der Waals surface area contributed by atoms with Crippen molar-refractivity contribution in [3.05, 3.63) is 23.8 Å². The highest BCUT2D eigenvalue weighted by Crippen LogP contribution is 2.31. The van der Waals surface area contributed by atoms with E-state index in [1.807, 2.05) is 6.07 Å². The van der Waals surface area contributed by atoms with Crippen LogP contribution in [0.25, 0.3) is 0 Å². The second-order valence-corrected chi connectivity index (χ2v) is 3.97. The first-order valence-corrected chi connectivity index (χ1v) is 5.41. The fraction of sp³-hybridized carbons (Fsp3) is 0.417. The second kappa shape index (κ2) is 4.53. The maximum Gasteiger partial charge on any atom is 0.308 e. The van der Waals surface area contributed by atoms with Crippen LogP contribution in [-0.4, -0.2) is 17.6 Å². The minimum Gasteiger partial charge on any atom is -0.504 e. The fourth-order valence-corrected chi connectivity index (χ4v) is 1.96. The largest absolute Gasteiger partial charge is 0.504 e. The van der Waals surface area contributed by atoms with Crippen molar-refractivity contribution in [3.8, 4) is 11.5 Å². The number of aromatic hydroxyl groups is 1. The zero-order chi connectivity index (χ0) is 11.5.